The third-order valence-corrected chi connectivity index (χ3v) is 16.3. The third-order valence-electron chi connectivity index (χ3n) is 16.3. The van der Waals surface area contributed by atoms with Crippen LogP contribution in [0.4, 0.5) is 0 Å². The van der Waals surface area contributed by atoms with Crippen molar-refractivity contribution in [2.24, 2.45) is 0 Å². The average Bonchev–Trinajstić information content (AvgIpc) is 3.41. The zero-order chi connectivity index (χ0) is 54.3. The molecule has 446 valence electrons. The second-order valence-electron chi connectivity index (χ2n) is 23.9. The van der Waals surface area contributed by atoms with Crippen LogP contribution in [-0.2, 0) is 14.3 Å². The van der Waals surface area contributed by atoms with E-state index in [1.807, 2.05) is 6.08 Å². The Hall–Kier alpha value is -1.40. The molecule has 0 heterocycles. The van der Waals surface area contributed by atoms with E-state index in [9.17, 15) is 19.8 Å². The van der Waals surface area contributed by atoms with Crippen molar-refractivity contribution in [3.05, 3.63) is 12.2 Å². The number of carbonyl (C=O) groups excluding carboxylic acids is 2. The van der Waals surface area contributed by atoms with Crippen molar-refractivity contribution in [1.82, 2.24) is 5.32 Å². The van der Waals surface area contributed by atoms with Crippen molar-refractivity contribution in [3.8, 4) is 0 Å². The highest BCUT2D eigenvalue weighted by atomic mass is 16.5. The van der Waals surface area contributed by atoms with Crippen molar-refractivity contribution in [2.45, 2.75) is 405 Å². The largest absolute Gasteiger partial charge is 0.466 e. The first-order chi connectivity index (χ1) is 37.0. The van der Waals surface area contributed by atoms with Gasteiger partial charge < -0.3 is 20.3 Å². The summed E-state index contributed by atoms with van der Waals surface area (Å²) in [5, 5.41) is 23.1. The quantitative estimate of drug-likeness (QED) is 0.0320. The van der Waals surface area contributed by atoms with E-state index in [1.54, 1.807) is 6.08 Å². The molecule has 0 aromatic heterocycles. The second-order valence-corrected chi connectivity index (χ2v) is 23.9. The number of aliphatic hydroxyl groups excluding tert-OH is 2. The molecule has 0 aromatic rings. The van der Waals surface area contributed by atoms with Gasteiger partial charge in [0.25, 0.3) is 0 Å². The van der Waals surface area contributed by atoms with Crippen LogP contribution in [0.2, 0.25) is 0 Å². The molecule has 6 nitrogen and oxygen atoms in total. The minimum atomic E-state index is -0.842. The summed E-state index contributed by atoms with van der Waals surface area (Å²) in [6.45, 7) is 4.94. The molecule has 0 spiro atoms. The third kappa shape index (κ3) is 61.7. The maximum Gasteiger partial charge on any atom is 0.305 e. The lowest BCUT2D eigenvalue weighted by atomic mass is 10.0. The highest BCUT2D eigenvalue weighted by Crippen LogP contribution is 2.19. The SMILES string of the molecule is CCCCCCCCCCCCCC/C=C/C(O)C(CO)NC(=O)CCCCCCCCCCCCCCCCCCCCCCCCCCCCOC(=O)CCCCCCCCCCCCCCCCCCCC. The molecule has 0 aliphatic carbocycles. The van der Waals surface area contributed by atoms with Gasteiger partial charge in [0.15, 0.2) is 0 Å². The van der Waals surface area contributed by atoms with Gasteiger partial charge in [0.1, 0.15) is 0 Å². The molecule has 0 rings (SSSR count). The zero-order valence-electron chi connectivity index (χ0n) is 51.1. The van der Waals surface area contributed by atoms with Gasteiger partial charge in [-0.3, -0.25) is 9.59 Å². The number of carbonyl (C=O) groups is 2. The maximum absolute atomic E-state index is 12.5. The summed E-state index contributed by atoms with van der Waals surface area (Å²) in [5.74, 6) is -0.0412. The summed E-state index contributed by atoms with van der Waals surface area (Å²) in [4.78, 5) is 24.6. The van der Waals surface area contributed by atoms with E-state index in [0.717, 1.165) is 38.5 Å². The fourth-order valence-corrected chi connectivity index (χ4v) is 11.1. The molecule has 0 saturated carbocycles. The Morgan fingerprint density at radius 2 is 0.613 bits per heavy atom. The minimum Gasteiger partial charge on any atom is -0.466 e. The number of amides is 1. The van der Waals surface area contributed by atoms with Crippen LogP contribution in [-0.4, -0.2) is 47.4 Å². The molecule has 0 aromatic carbocycles. The average molecular weight is 1060 g/mol. The Bertz CT molecular complexity index is 1130. The molecule has 2 atom stereocenters. The number of allylic oxidation sites excluding steroid dienone is 1. The first-order valence-corrected chi connectivity index (χ1v) is 34.5. The summed E-state index contributed by atoms with van der Waals surface area (Å²) in [6, 6.07) is -0.625. The monoisotopic (exact) mass is 1060 g/mol. The fraction of sp³-hybridized carbons (Fsp3) is 0.942. The molecule has 3 N–H and O–H groups in total. The summed E-state index contributed by atoms with van der Waals surface area (Å²) in [7, 11) is 0. The number of esters is 1. The smallest absolute Gasteiger partial charge is 0.305 e. The Morgan fingerprint density at radius 1 is 0.360 bits per heavy atom. The van der Waals surface area contributed by atoms with E-state index >= 15 is 0 Å². The predicted molar refractivity (Wildman–Crippen MR) is 329 cm³/mol. The van der Waals surface area contributed by atoms with E-state index in [4.69, 9.17) is 4.74 Å². The molecule has 1 amide bonds. The number of aliphatic hydroxyl groups is 2. The zero-order valence-corrected chi connectivity index (χ0v) is 51.1. The van der Waals surface area contributed by atoms with Crippen LogP contribution in [0.5, 0.6) is 0 Å². The molecule has 0 aliphatic rings. The normalized spacial score (nSPS) is 12.5. The molecule has 0 radical (unpaired) electrons. The van der Waals surface area contributed by atoms with E-state index < -0.39 is 12.1 Å². The van der Waals surface area contributed by atoms with Gasteiger partial charge in [-0.2, -0.15) is 0 Å². The van der Waals surface area contributed by atoms with Crippen molar-refractivity contribution < 1.29 is 24.5 Å². The van der Waals surface area contributed by atoms with Crippen molar-refractivity contribution in [2.75, 3.05) is 13.2 Å². The van der Waals surface area contributed by atoms with Crippen molar-refractivity contribution >= 4 is 11.9 Å². The van der Waals surface area contributed by atoms with Crippen LogP contribution in [0.25, 0.3) is 0 Å². The highest BCUT2D eigenvalue weighted by Gasteiger charge is 2.18. The van der Waals surface area contributed by atoms with Gasteiger partial charge in [-0.25, -0.2) is 0 Å². The van der Waals surface area contributed by atoms with Gasteiger partial charge in [-0.1, -0.05) is 360 Å². The fourth-order valence-electron chi connectivity index (χ4n) is 11.1. The van der Waals surface area contributed by atoms with E-state index in [-0.39, 0.29) is 18.5 Å². The van der Waals surface area contributed by atoms with Crippen LogP contribution >= 0.6 is 0 Å². The Kier molecular flexibility index (Phi) is 63.9. The number of nitrogens with one attached hydrogen (secondary N) is 1. The lowest BCUT2D eigenvalue weighted by molar-refractivity contribution is -0.143. The molecular formula is C69H135NO5. The highest BCUT2D eigenvalue weighted by molar-refractivity contribution is 5.76. The van der Waals surface area contributed by atoms with Crippen LogP contribution in [0.15, 0.2) is 12.2 Å². The number of unbranched alkanes of at least 4 members (excludes halogenated alkanes) is 54. The van der Waals surface area contributed by atoms with Crippen LogP contribution in [0.3, 0.4) is 0 Å². The van der Waals surface area contributed by atoms with Gasteiger partial charge in [0.05, 0.1) is 25.4 Å². The van der Waals surface area contributed by atoms with Gasteiger partial charge in [-0.05, 0) is 32.1 Å². The molecule has 75 heavy (non-hydrogen) atoms. The number of hydrogen-bond donors (Lipinski definition) is 3. The van der Waals surface area contributed by atoms with E-state index in [1.165, 1.54) is 327 Å². The van der Waals surface area contributed by atoms with Gasteiger partial charge in [-0.15, -0.1) is 0 Å². The summed E-state index contributed by atoms with van der Waals surface area (Å²) in [6.07, 6.45) is 80.0. The molecule has 0 bridgehead atoms. The summed E-state index contributed by atoms with van der Waals surface area (Å²) in [5.41, 5.74) is 0. The predicted octanol–water partition coefficient (Wildman–Crippen LogP) is 22.0. The van der Waals surface area contributed by atoms with Crippen LogP contribution in [0, 0.1) is 0 Å². The van der Waals surface area contributed by atoms with E-state index in [0.29, 0.717) is 19.4 Å². The topological polar surface area (TPSA) is 95.9 Å². The number of hydrogen-bond acceptors (Lipinski definition) is 5. The lowest BCUT2D eigenvalue weighted by Gasteiger charge is -2.20. The maximum atomic E-state index is 12.5. The Labute approximate surface area is 469 Å². The lowest BCUT2D eigenvalue weighted by Crippen LogP contribution is -2.45. The first kappa shape index (κ1) is 73.6. The molecular weight excluding hydrogens is 923 g/mol. The van der Waals surface area contributed by atoms with E-state index in [2.05, 4.69) is 19.2 Å². The van der Waals surface area contributed by atoms with Crippen molar-refractivity contribution in [1.29, 1.82) is 0 Å². The molecule has 0 saturated heterocycles. The van der Waals surface area contributed by atoms with Gasteiger partial charge >= 0.3 is 5.97 Å². The first-order valence-electron chi connectivity index (χ1n) is 34.5. The van der Waals surface area contributed by atoms with Crippen molar-refractivity contribution in [3.63, 3.8) is 0 Å². The molecule has 2 unspecified atom stereocenters. The standard InChI is InChI=1S/C69H135NO5/c1-3-5-7-9-11-13-15-17-19-20-32-35-39-43-47-51-55-59-63-69(74)75-64-60-56-52-48-44-40-36-33-30-28-26-24-22-21-23-25-27-29-31-34-38-42-46-50-54-58-62-68(73)70-66(65-71)67(72)61-57-53-49-45-41-37-18-16-14-12-10-8-6-4-2/h57,61,66-67,71-72H,3-56,58-60,62-65H2,1-2H3,(H,70,73)/b61-57+. The Morgan fingerprint density at radius 3 is 0.907 bits per heavy atom. The molecule has 0 aliphatic heterocycles. The van der Waals surface area contributed by atoms with Crippen LogP contribution < -0.4 is 5.32 Å². The van der Waals surface area contributed by atoms with Gasteiger partial charge in [0, 0.05) is 12.8 Å². The molecule has 0 fully saturated rings. The summed E-state index contributed by atoms with van der Waals surface area (Å²) < 4.78 is 5.51. The number of rotatable bonds is 65. The van der Waals surface area contributed by atoms with Gasteiger partial charge in [0.2, 0.25) is 5.91 Å². The minimum absolute atomic E-state index is 0.0221. The second kappa shape index (κ2) is 65.1. The molecule has 6 heteroatoms. The van der Waals surface area contributed by atoms with Crippen LogP contribution in [0.1, 0.15) is 393 Å². The number of ether oxygens (including phenoxy) is 1. The Balaban J connectivity index is 3.33. The summed E-state index contributed by atoms with van der Waals surface area (Å²) >= 11 is 0.